The molecule has 0 amide bonds. The van der Waals surface area contributed by atoms with Gasteiger partial charge in [-0.3, -0.25) is 0 Å². The van der Waals surface area contributed by atoms with Crippen LogP contribution >= 0.6 is 0 Å². The monoisotopic (exact) mass is 369 g/mol. The molecule has 1 aliphatic carbocycles. The summed E-state index contributed by atoms with van der Waals surface area (Å²) in [4.78, 5) is 5.49. The summed E-state index contributed by atoms with van der Waals surface area (Å²) in [7, 11) is 0. The van der Waals surface area contributed by atoms with Crippen LogP contribution in [0.3, 0.4) is 0 Å². The van der Waals surface area contributed by atoms with Crippen molar-refractivity contribution in [1.82, 2.24) is 0 Å². The van der Waals surface area contributed by atoms with Crippen molar-refractivity contribution in [3.63, 3.8) is 0 Å². The molecule has 1 aliphatic rings. The Morgan fingerprint density at radius 2 is 1.43 bits per heavy atom. The summed E-state index contributed by atoms with van der Waals surface area (Å²) >= 11 is 0. The van der Waals surface area contributed by atoms with Gasteiger partial charge in [0.25, 0.3) is 0 Å². The summed E-state index contributed by atoms with van der Waals surface area (Å²) in [5, 5.41) is 4.13. The standard InChI is InChI=1S/C26H27NO/c1-3-7-23(8-4-1)25-15-11-21(12-16-25)19-27-28-20-22-13-17-26(18-14-22)24-9-5-2-6-10-24/h2,5-6,9-19,23H,1,3-4,7-8,20H2. The Labute approximate surface area is 167 Å². The van der Waals surface area contributed by atoms with E-state index in [1.165, 1.54) is 48.8 Å². The van der Waals surface area contributed by atoms with Gasteiger partial charge in [-0.05, 0) is 46.6 Å². The molecule has 142 valence electrons. The summed E-state index contributed by atoms with van der Waals surface area (Å²) in [5.41, 5.74) is 6.11. The topological polar surface area (TPSA) is 21.6 Å². The SMILES string of the molecule is C(=NOCc1ccc(-c2ccccc2)cc1)c1ccc(C2CCCCC2)cc1. The zero-order valence-electron chi connectivity index (χ0n) is 16.3. The van der Waals surface area contributed by atoms with Crippen LogP contribution in [-0.4, -0.2) is 6.21 Å². The highest BCUT2D eigenvalue weighted by Gasteiger charge is 2.14. The van der Waals surface area contributed by atoms with Crippen LogP contribution < -0.4 is 0 Å². The van der Waals surface area contributed by atoms with Crippen molar-refractivity contribution in [2.45, 2.75) is 44.6 Å². The van der Waals surface area contributed by atoms with Gasteiger partial charge in [0.2, 0.25) is 0 Å². The Morgan fingerprint density at radius 3 is 2.14 bits per heavy atom. The fourth-order valence-corrected chi connectivity index (χ4v) is 3.92. The van der Waals surface area contributed by atoms with Crippen molar-refractivity contribution >= 4 is 6.21 Å². The zero-order valence-corrected chi connectivity index (χ0v) is 16.3. The molecule has 0 atom stereocenters. The molecule has 0 heterocycles. The van der Waals surface area contributed by atoms with Crippen LogP contribution in [0, 0.1) is 0 Å². The van der Waals surface area contributed by atoms with Crippen LogP contribution in [-0.2, 0) is 11.4 Å². The average molecular weight is 370 g/mol. The Hall–Kier alpha value is -2.87. The van der Waals surface area contributed by atoms with Gasteiger partial charge in [0.05, 0.1) is 6.21 Å². The third kappa shape index (κ3) is 4.89. The minimum absolute atomic E-state index is 0.478. The maximum absolute atomic E-state index is 5.49. The van der Waals surface area contributed by atoms with Crippen molar-refractivity contribution in [3.05, 3.63) is 95.6 Å². The Kier molecular flexibility index (Phi) is 6.18. The number of benzene rings is 3. The lowest BCUT2D eigenvalue weighted by Crippen LogP contribution is -2.04. The van der Waals surface area contributed by atoms with E-state index in [1.807, 2.05) is 6.07 Å². The number of oxime groups is 1. The smallest absolute Gasteiger partial charge is 0.142 e. The second-order valence-corrected chi connectivity index (χ2v) is 7.57. The van der Waals surface area contributed by atoms with Crippen molar-refractivity contribution in [2.75, 3.05) is 0 Å². The van der Waals surface area contributed by atoms with Gasteiger partial charge in [0.1, 0.15) is 6.61 Å². The molecular weight excluding hydrogens is 342 g/mol. The van der Waals surface area contributed by atoms with Gasteiger partial charge >= 0.3 is 0 Å². The van der Waals surface area contributed by atoms with E-state index in [0.29, 0.717) is 6.61 Å². The molecule has 0 saturated heterocycles. The van der Waals surface area contributed by atoms with Crippen molar-refractivity contribution in [2.24, 2.45) is 5.16 Å². The average Bonchev–Trinajstić information content (AvgIpc) is 2.79. The molecule has 0 spiro atoms. The predicted molar refractivity (Wildman–Crippen MR) is 117 cm³/mol. The van der Waals surface area contributed by atoms with Crippen molar-refractivity contribution < 1.29 is 4.84 Å². The van der Waals surface area contributed by atoms with Gasteiger partial charge in [0.15, 0.2) is 0 Å². The van der Waals surface area contributed by atoms with E-state index in [-0.39, 0.29) is 0 Å². The van der Waals surface area contributed by atoms with E-state index in [0.717, 1.165) is 17.0 Å². The zero-order chi connectivity index (χ0) is 19.0. The third-order valence-electron chi connectivity index (χ3n) is 5.58. The first kappa shape index (κ1) is 18.5. The van der Waals surface area contributed by atoms with Crippen molar-refractivity contribution in [3.8, 4) is 11.1 Å². The second kappa shape index (κ2) is 9.36. The van der Waals surface area contributed by atoms with Gasteiger partial charge in [-0.15, -0.1) is 0 Å². The van der Waals surface area contributed by atoms with E-state index in [9.17, 15) is 0 Å². The first-order chi connectivity index (χ1) is 13.9. The van der Waals surface area contributed by atoms with Gasteiger partial charge in [-0.2, -0.15) is 0 Å². The number of hydrogen-bond donors (Lipinski definition) is 0. The molecule has 2 nitrogen and oxygen atoms in total. The molecule has 1 fully saturated rings. The lowest BCUT2D eigenvalue weighted by molar-refractivity contribution is 0.132. The lowest BCUT2D eigenvalue weighted by atomic mass is 9.84. The molecule has 3 aromatic carbocycles. The van der Waals surface area contributed by atoms with Gasteiger partial charge in [-0.1, -0.05) is 103 Å². The second-order valence-electron chi connectivity index (χ2n) is 7.57. The van der Waals surface area contributed by atoms with Crippen LogP contribution in [0.5, 0.6) is 0 Å². The van der Waals surface area contributed by atoms with Crippen molar-refractivity contribution in [1.29, 1.82) is 0 Å². The molecule has 1 saturated carbocycles. The third-order valence-corrected chi connectivity index (χ3v) is 5.58. The highest BCUT2D eigenvalue weighted by Crippen LogP contribution is 2.32. The minimum atomic E-state index is 0.478. The van der Waals surface area contributed by atoms with Crippen LogP contribution in [0.1, 0.15) is 54.7 Å². The quantitative estimate of drug-likeness (QED) is 0.340. The molecule has 0 bridgehead atoms. The van der Waals surface area contributed by atoms with Crippen LogP contribution in [0.25, 0.3) is 11.1 Å². The maximum Gasteiger partial charge on any atom is 0.142 e. The van der Waals surface area contributed by atoms with E-state index < -0.39 is 0 Å². The molecule has 3 aromatic rings. The summed E-state index contributed by atoms with van der Waals surface area (Å²) in [6.45, 7) is 0.478. The van der Waals surface area contributed by atoms with Gasteiger partial charge < -0.3 is 4.84 Å². The molecule has 0 aliphatic heterocycles. The van der Waals surface area contributed by atoms with E-state index in [2.05, 4.69) is 78.0 Å². The molecule has 0 N–H and O–H groups in total. The molecule has 0 aromatic heterocycles. The van der Waals surface area contributed by atoms with Gasteiger partial charge in [-0.25, -0.2) is 0 Å². The normalized spacial score (nSPS) is 15.0. The molecule has 4 rings (SSSR count). The van der Waals surface area contributed by atoms with Gasteiger partial charge in [0, 0.05) is 0 Å². The largest absolute Gasteiger partial charge is 0.391 e. The van der Waals surface area contributed by atoms with E-state index >= 15 is 0 Å². The molecular formula is C26H27NO. The number of nitrogens with zero attached hydrogens (tertiary/aromatic N) is 1. The molecule has 28 heavy (non-hydrogen) atoms. The van der Waals surface area contributed by atoms with E-state index in [4.69, 9.17) is 4.84 Å². The molecule has 0 unspecified atom stereocenters. The first-order valence-electron chi connectivity index (χ1n) is 10.3. The summed E-state index contributed by atoms with van der Waals surface area (Å²) < 4.78 is 0. The van der Waals surface area contributed by atoms with Crippen LogP contribution in [0.15, 0.2) is 84.0 Å². The van der Waals surface area contributed by atoms with Crippen LogP contribution in [0.4, 0.5) is 0 Å². The Balaban J connectivity index is 1.28. The molecule has 0 radical (unpaired) electrons. The fraction of sp³-hybridized carbons (Fsp3) is 0.269. The summed E-state index contributed by atoms with van der Waals surface area (Å²) in [5.74, 6) is 0.745. The minimum Gasteiger partial charge on any atom is -0.391 e. The highest BCUT2D eigenvalue weighted by molar-refractivity contribution is 5.79. The first-order valence-corrected chi connectivity index (χ1v) is 10.3. The lowest BCUT2D eigenvalue weighted by Gasteiger charge is -2.21. The maximum atomic E-state index is 5.49. The van der Waals surface area contributed by atoms with Crippen LogP contribution in [0.2, 0.25) is 0 Å². The number of rotatable bonds is 6. The van der Waals surface area contributed by atoms with E-state index in [1.54, 1.807) is 6.21 Å². The summed E-state index contributed by atoms with van der Waals surface area (Å²) in [6.07, 6.45) is 8.60. The summed E-state index contributed by atoms with van der Waals surface area (Å²) in [6, 6.07) is 27.6. The number of hydrogen-bond acceptors (Lipinski definition) is 2. The molecule has 2 heteroatoms. The predicted octanol–water partition coefficient (Wildman–Crippen LogP) is 6.95. The Bertz CT molecular complexity index is 876. The Morgan fingerprint density at radius 1 is 0.750 bits per heavy atom. The highest BCUT2D eigenvalue weighted by atomic mass is 16.6. The fourth-order valence-electron chi connectivity index (χ4n) is 3.92.